The maximum Gasteiger partial charge on any atom is 0.259 e. The van der Waals surface area contributed by atoms with Crippen LogP contribution in [0.25, 0.3) is 10.2 Å². The quantitative estimate of drug-likeness (QED) is 0.643. The third kappa shape index (κ3) is 3.53. The standard InChI is InChI=1S/C18H24N4OS2/c1-6-7-8-22-12(4)11(3)19-18(22)24-9-14-20-16(23)15-10(2)13(5)25-17(15)21-14/h6-9H2,1-5H3,(H,20,21,23). The van der Waals surface area contributed by atoms with Crippen molar-refractivity contribution in [2.75, 3.05) is 0 Å². The summed E-state index contributed by atoms with van der Waals surface area (Å²) in [5.74, 6) is 1.33. The fraction of sp³-hybridized carbons (Fsp3) is 0.500. The number of nitrogens with one attached hydrogen (secondary N) is 1. The Bertz CT molecular complexity index is 968. The number of hydrogen-bond donors (Lipinski definition) is 1. The third-order valence-corrected chi connectivity index (χ3v) is 6.67. The van der Waals surface area contributed by atoms with Crippen LogP contribution < -0.4 is 5.56 Å². The van der Waals surface area contributed by atoms with Gasteiger partial charge in [0.1, 0.15) is 10.7 Å². The molecule has 0 bridgehead atoms. The van der Waals surface area contributed by atoms with Crippen LogP contribution in [0.4, 0.5) is 0 Å². The summed E-state index contributed by atoms with van der Waals surface area (Å²) in [7, 11) is 0. The number of thiophene rings is 1. The number of rotatable bonds is 6. The monoisotopic (exact) mass is 376 g/mol. The van der Waals surface area contributed by atoms with Gasteiger partial charge >= 0.3 is 0 Å². The predicted octanol–water partition coefficient (Wildman–Crippen LogP) is 4.51. The number of unbranched alkanes of at least 4 members (excludes halogenated alkanes) is 1. The molecule has 5 nitrogen and oxygen atoms in total. The molecule has 3 rings (SSSR count). The van der Waals surface area contributed by atoms with Crippen molar-refractivity contribution in [3.05, 3.63) is 38.0 Å². The van der Waals surface area contributed by atoms with Crippen molar-refractivity contribution >= 4 is 33.3 Å². The molecular weight excluding hydrogens is 352 g/mol. The Morgan fingerprint density at radius 3 is 2.68 bits per heavy atom. The molecule has 0 aliphatic heterocycles. The van der Waals surface area contributed by atoms with E-state index < -0.39 is 0 Å². The van der Waals surface area contributed by atoms with E-state index in [4.69, 9.17) is 0 Å². The first-order chi connectivity index (χ1) is 11.9. The van der Waals surface area contributed by atoms with E-state index in [1.54, 1.807) is 23.1 Å². The molecule has 0 fully saturated rings. The summed E-state index contributed by atoms with van der Waals surface area (Å²) in [6, 6.07) is 0. The summed E-state index contributed by atoms with van der Waals surface area (Å²) in [6.45, 7) is 11.4. The summed E-state index contributed by atoms with van der Waals surface area (Å²) < 4.78 is 2.28. The number of hydrogen-bond acceptors (Lipinski definition) is 5. The van der Waals surface area contributed by atoms with Crippen molar-refractivity contribution in [2.45, 2.75) is 64.9 Å². The van der Waals surface area contributed by atoms with E-state index in [0.717, 1.165) is 50.9 Å². The molecule has 7 heteroatoms. The molecule has 0 aliphatic carbocycles. The second kappa shape index (κ2) is 7.33. The van der Waals surface area contributed by atoms with Gasteiger partial charge in [-0.3, -0.25) is 4.79 Å². The van der Waals surface area contributed by atoms with Crippen LogP contribution in [0.15, 0.2) is 9.95 Å². The van der Waals surface area contributed by atoms with Crippen molar-refractivity contribution in [3.8, 4) is 0 Å². The lowest BCUT2D eigenvalue weighted by atomic mass is 10.2. The number of aromatic amines is 1. The molecule has 0 saturated heterocycles. The zero-order chi connectivity index (χ0) is 18.1. The van der Waals surface area contributed by atoms with Gasteiger partial charge in [-0.2, -0.15) is 0 Å². The number of aromatic nitrogens is 4. The molecule has 0 radical (unpaired) electrons. The Balaban J connectivity index is 1.86. The lowest BCUT2D eigenvalue weighted by Crippen LogP contribution is -2.11. The van der Waals surface area contributed by atoms with Gasteiger partial charge in [0.15, 0.2) is 5.16 Å². The van der Waals surface area contributed by atoms with Crippen molar-refractivity contribution < 1.29 is 0 Å². The maximum atomic E-state index is 12.4. The first-order valence-electron chi connectivity index (χ1n) is 8.57. The fourth-order valence-corrected chi connectivity index (χ4v) is 4.85. The van der Waals surface area contributed by atoms with E-state index in [2.05, 4.69) is 33.4 Å². The van der Waals surface area contributed by atoms with Gasteiger partial charge < -0.3 is 9.55 Å². The molecule has 3 heterocycles. The molecule has 0 unspecified atom stereocenters. The smallest absolute Gasteiger partial charge is 0.259 e. The number of imidazole rings is 1. The number of aryl methyl sites for hydroxylation is 3. The van der Waals surface area contributed by atoms with Gasteiger partial charge in [0.05, 0.1) is 16.8 Å². The normalized spacial score (nSPS) is 11.6. The molecule has 3 aromatic rings. The van der Waals surface area contributed by atoms with Crippen LogP contribution in [0.1, 0.15) is 47.4 Å². The van der Waals surface area contributed by atoms with Crippen LogP contribution in [-0.2, 0) is 12.3 Å². The van der Waals surface area contributed by atoms with E-state index in [0.29, 0.717) is 11.6 Å². The number of thioether (sulfide) groups is 1. The molecule has 0 aromatic carbocycles. The number of nitrogens with zero attached hydrogens (tertiary/aromatic N) is 3. The van der Waals surface area contributed by atoms with Crippen molar-refractivity contribution in [1.82, 2.24) is 19.5 Å². The first kappa shape index (κ1) is 18.2. The molecule has 0 saturated carbocycles. The van der Waals surface area contributed by atoms with Gasteiger partial charge in [0.25, 0.3) is 5.56 Å². The molecule has 134 valence electrons. The van der Waals surface area contributed by atoms with Gasteiger partial charge in [-0.1, -0.05) is 25.1 Å². The average Bonchev–Trinajstić information content (AvgIpc) is 3.01. The Morgan fingerprint density at radius 2 is 1.96 bits per heavy atom. The summed E-state index contributed by atoms with van der Waals surface area (Å²) in [4.78, 5) is 26.7. The van der Waals surface area contributed by atoms with Crippen LogP contribution in [0, 0.1) is 27.7 Å². The molecule has 0 spiro atoms. The van der Waals surface area contributed by atoms with Gasteiger partial charge in [0.2, 0.25) is 0 Å². The van der Waals surface area contributed by atoms with Gasteiger partial charge in [-0.05, 0) is 39.7 Å². The van der Waals surface area contributed by atoms with E-state index in [1.807, 2.05) is 20.8 Å². The zero-order valence-electron chi connectivity index (χ0n) is 15.4. The highest BCUT2D eigenvalue weighted by molar-refractivity contribution is 7.98. The minimum atomic E-state index is -0.0378. The molecule has 0 aliphatic rings. The first-order valence-corrected chi connectivity index (χ1v) is 10.4. The second-order valence-corrected chi connectivity index (χ2v) is 8.48. The van der Waals surface area contributed by atoms with Crippen molar-refractivity contribution in [3.63, 3.8) is 0 Å². The topological polar surface area (TPSA) is 63.6 Å². The third-order valence-electron chi connectivity index (χ3n) is 4.58. The molecule has 1 N–H and O–H groups in total. The lowest BCUT2D eigenvalue weighted by molar-refractivity contribution is 0.575. The summed E-state index contributed by atoms with van der Waals surface area (Å²) >= 11 is 3.23. The minimum Gasteiger partial charge on any atom is -0.323 e. The minimum absolute atomic E-state index is 0.0378. The maximum absolute atomic E-state index is 12.4. The molecule has 25 heavy (non-hydrogen) atoms. The van der Waals surface area contributed by atoms with E-state index in [9.17, 15) is 4.79 Å². The Morgan fingerprint density at radius 1 is 1.20 bits per heavy atom. The zero-order valence-corrected chi connectivity index (χ0v) is 17.0. The van der Waals surface area contributed by atoms with Crippen LogP contribution in [-0.4, -0.2) is 19.5 Å². The SMILES string of the molecule is CCCCn1c(SCc2nc3sc(C)c(C)c3c(=O)[nH]2)nc(C)c1C. The second-order valence-electron chi connectivity index (χ2n) is 6.34. The molecule has 0 atom stereocenters. The Kier molecular flexibility index (Phi) is 5.34. The summed E-state index contributed by atoms with van der Waals surface area (Å²) in [5.41, 5.74) is 3.29. The van der Waals surface area contributed by atoms with E-state index in [-0.39, 0.29) is 5.56 Å². The fourth-order valence-electron chi connectivity index (χ4n) is 2.81. The van der Waals surface area contributed by atoms with Gasteiger partial charge in [-0.25, -0.2) is 9.97 Å². The number of fused-ring (bicyclic) bond motifs is 1. The Hall–Kier alpha value is -1.60. The summed E-state index contributed by atoms with van der Waals surface area (Å²) in [6.07, 6.45) is 2.29. The number of H-pyrrole nitrogens is 1. The van der Waals surface area contributed by atoms with Crippen LogP contribution in [0.5, 0.6) is 0 Å². The van der Waals surface area contributed by atoms with Crippen LogP contribution >= 0.6 is 23.1 Å². The summed E-state index contributed by atoms with van der Waals surface area (Å²) in [5, 5.41) is 1.73. The molecule has 0 amide bonds. The van der Waals surface area contributed by atoms with E-state index >= 15 is 0 Å². The molecule has 3 aromatic heterocycles. The lowest BCUT2D eigenvalue weighted by Gasteiger charge is -2.09. The highest BCUT2D eigenvalue weighted by Gasteiger charge is 2.14. The van der Waals surface area contributed by atoms with Crippen molar-refractivity contribution in [1.29, 1.82) is 0 Å². The highest BCUT2D eigenvalue weighted by Crippen LogP contribution is 2.28. The highest BCUT2D eigenvalue weighted by atomic mass is 32.2. The van der Waals surface area contributed by atoms with Crippen LogP contribution in [0.2, 0.25) is 0 Å². The predicted molar refractivity (Wildman–Crippen MR) is 106 cm³/mol. The van der Waals surface area contributed by atoms with Gasteiger partial charge in [0, 0.05) is 17.1 Å². The van der Waals surface area contributed by atoms with Gasteiger partial charge in [-0.15, -0.1) is 11.3 Å². The Labute approximate surface area is 155 Å². The van der Waals surface area contributed by atoms with Crippen LogP contribution in [0.3, 0.4) is 0 Å². The van der Waals surface area contributed by atoms with E-state index in [1.165, 1.54) is 5.69 Å². The largest absolute Gasteiger partial charge is 0.323 e. The van der Waals surface area contributed by atoms with Crippen molar-refractivity contribution in [2.24, 2.45) is 0 Å². The average molecular weight is 377 g/mol. The molecular formula is C18H24N4OS2.